The number of amides is 1. The molecule has 0 aliphatic rings. The lowest BCUT2D eigenvalue weighted by atomic mass is 10.3. The van der Waals surface area contributed by atoms with Gasteiger partial charge in [-0.25, -0.2) is 0 Å². The van der Waals surface area contributed by atoms with E-state index < -0.39 is 0 Å². The third-order valence-corrected chi connectivity index (χ3v) is 3.42. The third-order valence-electron chi connectivity index (χ3n) is 3.42. The monoisotopic (exact) mass is 316 g/mol. The molecule has 0 bridgehead atoms. The van der Waals surface area contributed by atoms with Gasteiger partial charge in [0, 0.05) is 19.2 Å². The SMILES string of the molecule is Cc1ccc(/C=C/C(=O)N(CCN(C)C)Cc2ccc(C)o2)o1. The molecule has 5 nitrogen and oxygen atoms in total. The van der Waals surface area contributed by atoms with Crippen molar-refractivity contribution < 1.29 is 13.6 Å². The highest BCUT2D eigenvalue weighted by Gasteiger charge is 2.14. The van der Waals surface area contributed by atoms with E-state index in [4.69, 9.17) is 8.83 Å². The van der Waals surface area contributed by atoms with Crippen LogP contribution in [0.4, 0.5) is 0 Å². The summed E-state index contributed by atoms with van der Waals surface area (Å²) in [5.74, 6) is 3.08. The number of rotatable bonds is 7. The Bertz CT molecular complexity index is 667. The topological polar surface area (TPSA) is 49.8 Å². The van der Waals surface area contributed by atoms with E-state index in [1.807, 2.05) is 57.1 Å². The molecular weight excluding hydrogens is 292 g/mol. The predicted octanol–water partition coefficient (Wildman–Crippen LogP) is 3.09. The molecular formula is C18H24N2O3. The normalized spacial score (nSPS) is 11.5. The molecule has 23 heavy (non-hydrogen) atoms. The summed E-state index contributed by atoms with van der Waals surface area (Å²) in [6, 6.07) is 7.54. The summed E-state index contributed by atoms with van der Waals surface area (Å²) >= 11 is 0. The van der Waals surface area contributed by atoms with Crippen molar-refractivity contribution in [1.29, 1.82) is 0 Å². The van der Waals surface area contributed by atoms with Gasteiger partial charge in [-0.15, -0.1) is 0 Å². The molecule has 0 unspecified atom stereocenters. The second kappa shape index (κ2) is 7.83. The van der Waals surface area contributed by atoms with E-state index in [1.54, 1.807) is 17.1 Å². The largest absolute Gasteiger partial charge is 0.464 e. The zero-order valence-electron chi connectivity index (χ0n) is 14.2. The lowest BCUT2D eigenvalue weighted by Gasteiger charge is -2.22. The number of likely N-dealkylation sites (N-methyl/N-ethyl adjacent to an activating group) is 1. The van der Waals surface area contributed by atoms with E-state index in [0.29, 0.717) is 18.8 Å². The summed E-state index contributed by atoms with van der Waals surface area (Å²) in [5.41, 5.74) is 0. The van der Waals surface area contributed by atoms with Crippen molar-refractivity contribution in [3.8, 4) is 0 Å². The Hall–Kier alpha value is -2.27. The summed E-state index contributed by atoms with van der Waals surface area (Å²) in [7, 11) is 3.97. The molecule has 0 saturated heterocycles. The first kappa shape index (κ1) is 17.1. The second-order valence-corrected chi connectivity index (χ2v) is 5.86. The lowest BCUT2D eigenvalue weighted by molar-refractivity contribution is -0.127. The Balaban J connectivity index is 2.05. The van der Waals surface area contributed by atoms with E-state index >= 15 is 0 Å². The quantitative estimate of drug-likeness (QED) is 0.737. The molecule has 124 valence electrons. The molecule has 2 aromatic rings. The third kappa shape index (κ3) is 5.45. The molecule has 0 fully saturated rings. The number of carbonyl (C=O) groups is 1. The molecule has 0 radical (unpaired) electrons. The van der Waals surface area contributed by atoms with Crippen LogP contribution in [0.25, 0.3) is 6.08 Å². The van der Waals surface area contributed by atoms with Crippen LogP contribution < -0.4 is 0 Å². The molecule has 0 saturated carbocycles. The molecule has 1 amide bonds. The maximum atomic E-state index is 12.5. The molecule has 0 atom stereocenters. The smallest absolute Gasteiger partial charge is 0.247 e. The Kier molecular flexibility index (Phi) is 5.82. The van der Waals surface area contributed by atoms with Crippen LogP contribution in [0.3, 0.4) is 0 Å². The van der Waals surface area contributed by atoms with Crippen molar-refractivity contribution in [1.82, 2.24) is 9.80 Å². The van der Waals surface area contributed by atoms with E-state index in [0.717, 1.165) is 23.8 Å². The number of hydrogen-bond donors (Lipinski definition) is 0. The highest BCUT2D eigenvalue weighted by molar-refractivity contribution is 5.91. The summed E-state index contributed by atoms with van der Waals surface area (Å²) in [6.45, 7) is 5.66. The van der Waals surface area contributed by atoms with Gasteiger partial charge in [0.2, 0.25) is 5.91 Å². The number of nitrogens with zero attached hydrogens (tertiary/aromatic N) is 2. The highest BCUT2D eigenvalue weighted by atomic mass is 16.3. The lowest BCUT2D eigenvalue weighted by Crippen LogP contribution is -2.35. The maximum absolute atomic E-state index is 12.5. The minimum Gasteiger partial charge on any atom is -0.464 e. The molecule has 0 N–H and O–H groups in total. The summed E-state index contributed by atoms with van der Waals surface area (Å²) in [4.78, 5) is 16.3. The molecule has 0 aromatic carbocycles. The Labute approximate surface area is 137 Å². The first-order valence-electron chi connectivity index (χ1n) is 7.67. The van der Waals surface area contributed by atoms with Crippen molar-refractivity contribution in [2.75, 3.05) is 27.2 Å². The van der Waals surface area contributed by atoms with Crippen LogP contribution in [0.15, 0.2) is 39.2 Å². The Morgan fingerprint density at radius 3 is 2.30 bits per heavy atom. The van der Waals surface area contributed by atoms with Crippen LogP contribution in [0.1, 0.15) is 23.0 Å². The molecule has 2 aromatic heterocycles. The van der Waals surface area contributed by atoms with E-state index in [-0.39, 0.29) is 5.91 Å². The van der Waals surface area contributed by atoms with Gasteiger partial charge < -0.3 is 18.6 Å². The molecule has 2 heterocycles. The van der Waals surface area contributed by atoms with Crippen molar-refractivity contribution in [3.05, 3.63) is 53.4 Å². The van der Waals surface area contributed by atoms with Crippen LogP contribution in [-0.2, 0) is 11.3 Å². The molecule has 0 aliphatic carbocycles. The highest BCUT2D eigenvalue weighted by Crippen LogP contribution is 2.12. The van der Waals surface area contributed by atoms with Gasteiger partial charge in [0.05, 0.1) is 6.54 Å². The van der Waals surface area contributed by atoms with Crippen LogP contribution in [-0.4, -0.2) is 42.9 Å². The van der Waals surface area contributed by atoms with Crippen LogP contribution in [0, 0.1) is 13.8 Å². The minimum absolute atomic E-state index is 0.0602. The minimum atomic E-state index is -0.0602. The predicted molar refractivity (Wildman–Crippen MR) is 89.9 cm³/mol. The van der Waals surface area contributed by atoms with Crippen molar-refractivity contribution in [3.63, 3.8) is 0 Å². The number of hydrogen-bond acceptors (Lipinski definition) is 4. The zero-order valence-corrected chi connectivity index (χ0v) is 14.2. The van der Waals surface area contributed by atoms with Gasteiger partial charge in [-0.3, -0.25) is 4.79 Å². The second-order valence-electron chi connectivity index (χ2n) is 5.86. The average molecular weight is 316 g/mol. The van der Waals surface area contributed by atoms with Crippen molar-refractivity contribution >= 4 is 12.0 Å². The van der Waals surface area contributed by atoms with Gasteiger partial charge in [0.1, 0.15) is 23.0 Å². The standard InChI is InChI=1S/C18H24N2O3/c1-14-5-7-16(22-14)9-10-18(21)20(12-11-19(3)4)13-17-8-6-15(2)23-17/h5-10H,11-13H2,1-4H3/b10-9+. The van der Waals surface area contributed by atoms with Crippen molar-refractivity contribution in [2.45, 2.75) is 20.4 Å². The average Bonchev–Trinajstić information content (AvgIpc) is 3.09. The Morgan fingerprint density at radius 1 is 1.04 bits per heavy atom. The van der Waals surface area contributed by atoms with Crippen molar-refractivity contribution in [2.24, 2.45) is 0 Å². The molecule has 0 aliphatic heterocycles. The summed E-state index contributed by atoms with van der Waals surface area (Å²) in [6.07, 6.45) is 3.25. The summed E-state index contributed by atoms with van der Waals surface area (Å²) < 4.78 is 11.0. The van der Waals surface area contributed by atoms with E-state index in [9.17, 15) is 4.79 Å². The van der Waals surface area contributed by atoms with Gasteiger partial charge in [0.15, 0.2) is 0 Å². The van der Waals surface area contributed by atoms with Crippen LogP contribution in [0.5, 0.6) is 0 Å². The van der Waals surface area contributed by atoms with E-state index in [1.165, 1.54) is 0 Å². The molecule has 5 heteroatoms. The van der Waals surface area contributed by atoms with Crippen LogP contribution in [0.2, 0.25) is 0 Å². The van der Waals surface area contributed by atoms with Crippen LogP contribution >= 0.6 is 0 Å². The van der Waals surface area contributed by atoms with E-state index in [2.05, 4.69) is 0 Å². The summed E-state index contributed by atoms with van der Waals surface area (Å²) in [5, 5.41) is 0. The van der Waals surface area contributed by atoms with Gasteiger partial charge >= 0.3 is 0 Å². The molecule has 0 spiro atoms. The fraction of sp³-hybridized carbons (Fsp3) is 0.389. The number of carbonyl (C=O) groups excluding carboxylic acids is 1. The fourth-order valence-corrected chi connectivity index (χ4v) is 2.15. The van der Waals surface area contributed by atoms with Gasteiger partial charge in [-0.2, -0.15) is 0 Å². The maximum Gasteiger partial charge on any atom is 0.247 e. The number of aryl methyl sites for hydroxylation is 2. The van der Waals surface area contributed by atoms with Gasteiger partial charge in [-0.05, 0) is 58.3 Å². The van der Waals surface area contributed by atoms with Gasteiger partial charge in [0.25, 0.3) is 0 Å². The van der Waals surface area contributed by atoms with Gasteiger partial charge in [-0.1, -0.05) is 0 Å². The fourth-order valence-electron chi connectivity index (χ4n) is 2.15. The zero-order chi connectivity index (χ0) is 16.8. The molecule has 2 rings (SSSR count). The first-order chi connectivity index (χ1) is 10.9. The number of furan rings is 2. The Morgan fingerprint density at radius 2 is 1.74 bits per heavy atom. The first-order valence-corrected chi connectivity index (χ1v) is 7.67.